The molecule has 1 amide bonds. The summed E-state index contributed by atoms with van der Waals surface area (Å²) in [6.45, 7) is 0.497. The second kappa shape index (κ2) is 7.82. The van der Waals surface area contributed by atoms with Crippen LogP contribution in [0, 0.1) is 5.82 Å². The summed E-state index contributed by atoms with van der Waals surface area (Å²) in [7, 11) is 0. The van der Waals surface area contributed by atoms with Gasteiger partial charge in [0.05, 0.1) is 18.3 Å². The quantitative estimate of drug-likeness (QED) is 0.450. The van der Waals surface area contributed by atoms with Gasteiger partial charge in [-0.2, -0.15) is 5.10 Å². The van der Waals surface area contributed by atoms with Crippen molar-refractivity contribution >= 4 is 38.6 Å². The molecule has 0 unspecified atom stereocenters. The lowest BCUT2D eigenvalue weighted by Crippen LogP contribution is -2.16. The summed E-state index contributed by atoms with van der Waals surface area (Å²) in [5.41, 5.74) is 2.38. The Morgan fingerprint density at radius 2 is 1.82 bits per heavy atom. The van der Waals surface area contributed by atoms with E-state index in [1.165, 1.54) is 12.1 Å². The van der Waals surface area contributed by atoms with Crippen LogP contribution in [0.4, 0.5) is 14.9 Å². The number of nitrogens with zero attached hydrogens (tertiary/aromatic N) is 2. The monoisotopic (exact) mass is 439 g/mol. The number of amides is 1. The third-order valence-electron chi connectivity index (χ3n) is 4.16. The number of hydrogen-bond acceptors (Lipinski definition) is 3. The summed E-state index contributed by atoms with van der Waals surface area (Å²) in [5.74, 6) is 0.174. The van der Waals surface area contributed by atoms with Crippen LogP contribution in [0.1, 0.15) is 5.56 Å². The number of anilines is 1. The van der Waals surface area contributed by atoms with Crippen molar-refractivity contribution in [2.45, 2.75) is 6.54 Å². The molecule has 0 atom stereocenters. The average Bonchev–Trinajstić information content (AvgIpc) is 3.07. The number of halogens is 2. The van der Waals surface area contributed by atoms with Crippen LogP contribution in [0.25, 0.3) is 10.9 Å². The Bertz CT molecular complexity index is 1120. The molecular formula is C21H15BrFN3O2. The number of benzene rings is 3. The molecule has 0 aliphatic rings. The van der Waals surface area contributed by atoms with Gasteiger partial charge < -0.3 is 4.74 Å². The Hall–Kier alpha value is -3.19. The maximum absolute atomic E-state index is 13.1. The van der Waals surface area contributed by atoms with Crippen molar-refractivity contribution in [3.63, 3.8) is 0 Å². The van der Waals surface area contributed by atoms with Gasteiger partial charge in [-0.1, -0.05) is 28.1 Å². The minimum absolute atomic E-state index is 0.273. The standard InChI is InChI=1S/C21H15BrFN3O2/c22-16-4-9-19(10-5-16)28-21(27)25-18-8-3-15-12-24-26(20(15)11-18)13-14-1-6-17(23)7-2-14/h1-12H,13H2,(H,25,27). The molecule has 4 aromatic rings. The van der Waals surface area contributed by atoms with E-state index in [0.717, 1.165) is 20.9 Å². The van der Waals surface area contributed by atoms with E-state index >= 15 is 0 Å². The predicted octanol–water partition coefficient (Wildman–Crippen LogP) is 5.60. The van der Waals surface area contributed by atoms with E-state index in [2.05, 4.69) is 26.3 Å². The number of rotatable bonds is 4. The van der Waals surface area contributed by atoms with Crippen molar-refractivity contribution in [2.75, 3.05) is 5.32 Å². The second-order valence-corrected chi connectivity index (χ2v) is 7.09. The van der Waals surface area contributed by atoms with Crippen LogP contribution >= 0.6 is 15.9 Å². The zero-order chi connectivity index (χ0) is 19.5. The summed E-state index contributed by atoms with van der Waals surface area (Å²) in [6.07, 6.45) is 1.18. The third kappa shape index (κ3) is 4.20. The van der Waals surface area contributed by atoms with Crippen LogP contribution in [0.15, 0.2) is 77.4 Å². The number of fused-ring (bicyclic) bond motifs is 1. The summed E-state index contributed by atoms with van der Waals surface area (Å²) in [6, 6.07) is 18.8. The van der Waals surface area contributed by atoms with Crippen molar-refractivity contribution in [1.82, 2.24) is 9.78 Å². The molecule has 0 aliphatic carbocycles. The molecule has 0 fully saturated rings. The summed E-state index contributed by atoms with van der Waals surface area (Å²) < 4.78 is 21.1. The summed E-state index contributed by atoms with van der Waals surface area (Å²) in [5, 5.41) is 8.04. The highest BCUT2D eigenvalue weighted by molar-refractivity contribution is 9.10. The number of ether oxygens (including phenoxy) is 1. The first-order valence-electron chi connectivity index (χ1n) is 8.51. The van der Waals surface area contributed by atoms with Gasteiger partial charge in [0.2, 0.25) is 0 Å². The van der Waals surface area contributed by atoms with Gasteiger partial charge in [-0.05, 0) is 60.2 Å². The topological polar surface area (TPSA) is 56.2 Å². The van der Waals surface area contributed by atoms with E-state index in [1.54, 1.807) is 53.3 Å². The van der Waals surface area contributed by atoms with Crippen molar-refractivity contribution in [3.05, 3.63) is 88.8 Å². The highest BCUT2D eigenvalue weighted by atomic mass is 79.9. The van der Waals surface area contributed by atoms with Crippen LogP contribution < -0.4 is 10.1 Å². The molecule has 5 nitrogen and oxygen atoms in total. The van der Waals surface area contributed by atoms with Gasteiger partial charge in [0.15, 0.2) is 0 Å². The lowest BCUT2D eigenvalue weighted by molar-refractivity contribution is 0.215. The molecule has 1 N–H and O–H groups in total. The van der Waals surface area contributed by atoms with Gasteiger partial charge >= 0.3 is 6.09 Å². The number of nitrogens with one attached hydrogen (secondary N) is 1. The highest BCUT2D eigenvalue weighted by Crippen LogP contribution is 2.21. The molecule has 3 aromatic carbocycles. The first-order chi connectivity index (χ1) is 13.6. The Morgan fingerprint density at radius 3 is 2.57 bits per heavy atom. The first-order valence-corrected chi connectivity index (χ1v) is 9.30. The molecule has 0 bridgehead atoms. The molecule has 0 spiro atoms. The second-order valence-electron chi connectivity index (χ2n) is 6.17. The van der Waals surface area contributed by atoms with Gasteiger partial charge in [-0.15, -0.1) is 0 Å². The minimum atomic E-state index is -0.578. The Morgan fingerprint density at radius 1 is 1.07 bits per heavy atom. The molecular weight excluding hydrogens is 425 g/mol. The third-order valence-corrected chi connectivity index (χ3v) is 4.69. The maximum Gasteiger partial charge on any atom is 0.417 e. The van der Waals surface area contributed by atoms with Gasteiger partial charge in [0.1, 0.15) is 11.6 Å². The first kappa shape index (κ1) is 18.2. The Labute approximate surface area is 168 Å². The lowest BCUT2D eigenvalue weighted by atomic mass is 10.2. The molecule has 1 aromatic heterocycles. The van der Waals surface area contributed by atoms with Gasteiger partial charge in [0, 0.05) is 15.5 Å². The number of carbonyl (C=O) groups is 1. The SMILES string of the molecule is O=C(Nc1ccc2cnn(Cc3ccc(F)cc3)c2c1)Oc1ccc(Br)cc1. The number of aromatic nitrogens is 2. The molecule has 140 valence electrons. The van der Waals surface area contributed by atoms with E-state index in [1.807, 2.05) is 12.1 Å². The van der Waals surface area contributed by atoms with Crippen LogP contribution in [0.5, 0.6) is 5.75 Å². The fourth-order valence-corrected chi connectivity index (χ4v) is 3.05. The van der Waals surface area contributed by atoms with E-state index in [4.69, 9.17) is 4.74 Å². The normalized spacial score (nSPS) is 10.8. The van der Waals surface area contributed by atoms with Crippen LogP contribution in [-0.2, 0) is 6.54 Å². The minimum Gasteiger partial charge on any atom is -0.410 e. The Kier molecular flexibility index (Phi) is 5.08. The fraction of sp³-hybridized carbons (Fsp3) is 0.0476. The molecule has 0 saturated heterocycles. The molecule has 0 aliphatic heterocycles. The molecule has 7 heteroatoms. The zero-order valence-electron chi connectivity index (χ0n) is 14.6. The van der Waals surface area contributed by atoms with Gasteiger partial charge in [-0.3, -0.25) is 10.00 Å². The highest BCUT2D eigenvalue weighted by Gasteiger charge is 2.09. The van der Waals surface area contributed by atoms with Gasteiger partial charge in [0.25, 0.3) is 0 Å². The fourth-order valence-electron chi connectivity index (χ4n) is 2.79. The largest absolute Gasteiger partial charge is 0.417 e. The number of hydrogen-bond donors (Lipinski definition) is 1. The van der Waals surface area contributed by atoms with Crippen molar-refractivity contribution in [3.8, 4) is 5.75 Å². The van der Waals surface area contributed by atoms with Crippen molar-refractivity contribution in [2.24, 2.45) is 0 Å². The maximum atomic E-state index is 13.1. The average molecular weight is 440 g/mol. The molecule has 28 heavy (non-hydrogen) atoms. The predicted molar refractivity (Wildman–Crippen MR) is 109 cm³/mol. The van der Waals surface area contributed by atoms with Crippen molar-refractivity contribution in [1.29, 1.82) is 0 Å². The molecule has 4 rings (SSSR count). The van der Waals surface area contributed by atoms with E-state index in [-0.39, 0.29) is 5.82 Å². The van der Waals surface area contributed by atoms with Gasteiger partial charge in [-0.25, -0.2) is 9.18 Å². The smallest absolute Gasteiger partial charge is 0.410 e. The van der Waals surface area contributed by atoms with Crippen LogP contribution in [-0.4, -0.2) is 15.9 Å². The molecule has 1 heterocycles. The van der Waals surface area contributed by atoms with E-state index < -0.39 is 6.09 Å². The van der Waals surface area contributed by atoms with Crippen LogP contribution in [0.3, 0.4) is 0 Å². The molecule has 0 radical (unpaired) electrons. The summed E-state index contributed by atoms with van der Waals surface area (Å²) in [4.78, 5) is 12.1. The van der Waals surface area contributed by atoms with E-state index in [9.17, 15) is 9.18 Å². The lowest BCUT2D eigenvalue weighted by Gasteiger charge is -2.08. The zero-order valence-corrected chi connectivity index (χ0v) is 16.2. The Balaban J connectivity index is 1.51. The molecule has 0 saturated carbocycles. The number of carbonyl (C=O) groups excluding carboxylic acids is 1. The van der Waals surface area contributed by atoms with Crippen molar-refractivity contribution < 1.29 is 13.9 Å². The van der Waals surface area contributed by atoms with E-state index in [0.29, 0.717) is 18.0 Å². The summed E-state index contributed by atoms with van der Waals surface area (Å²) >= 11 is 3.34. The van der Waals surface area contributed by atoms with Crippen LogP contribution in [0.2, 0.25) is 0 Å².